The largest absolute Gasteiger partial charge is 0.510 e. The van der Waals surface area contributed by atoms with Gasteiger partial charge in [0.05, 0.1) is 6.42 Å². The van der Waals surface area contributed by atoms with Crippen LogP contribution in [0.1, 0.15) is 37.2 Å². The molecule has 0 aromatic carbocycles. The lowest BCUT2D eigenvalue weighted by Crippen LogP contribution is -2.48. The van der Waals surface area contributed by atoms with Crippen molar-refractivity contribution >= 4 is 23.7 Å². The number of nitrogens with zero attached hydrogens (tertiary/aromatic N) is 2. The van der Waals surface area contributed by atoms with Gasteiger partial charge in [-0.25, -0.2) is 9.59 Å². The SMILES string of the molecule is C=C(O)[C@H](NC(=O)N[C@@H](CC(N)=O)c1nnc([C@@H](N)C(C)=O)o1)C(=O)O. The number of aliphatic carboxylic acids is 1. The quantitative estimate of drug-likeness (QED) is 0.273. The zero-order valence-electron chi connectivity index (χ0n) is 13.6. The van der Waals surface area contributed by atoms with Gasteiger partial charge in [-0.15, -0.1) is 10.2 Å². The van der Waals surface area contributed by atoms with E-state index in [-0.39, 0.29) is 11.8 Å². The van der Waals surface area contributed by atoms with E-state index in [2.05, 4.69) is 22.1 Å². The number of aliphatic hydroxyl groups is 1. The summed E-state index contributed by atoms with van der Waals surface area (Å²) in [5, 5.41) is 29.3. The second kappa shape index (κ2) is 8.57. The van der Waals surface area contributed by atoms with Crippen LogP contribution < -0.4 is 22.1 Å². The predicted molar refractivity (Wildman–Crippen MR) is 83.3 cm³/mol. The van der Waals surface area contributed by atoms with E-state index >= 15 is 0 Å². The molecule has 0 aliphatic heterocycles. The van der Waals surface area contributed by atoms with E-state index in [0.717, 1.165) is 0 Å². The Kier molecular flexibility index (Phi) is 6.78. The summed E-state index contributed by atoms with van der Waals surface area (Å²) < 4.78 is 5.17. The number of carboxylic acid groups (broad SMARTS) is 1. The van der Waals surface area contributed by atoms with Crippen molar-refractivity contribution in [1.82, 2.24) is 20.8 Å². The lowest BCUT2D eigenvalue weighted by atomic mass is 10.2. The molecule has 0 saturated carbocycles. The number of nitrogens with two attached hydrogens (primary N) is 2. The molecule has 3 amide bonds. The minimum absolute atomic E-state index is 0.240. The molecule has 1 rings (SSSR count). The fourth-order valence-corrected chi connectivity index (χ4v) is 1.71. The van der Waals surface area contributed by atoms with Gasteiger partial charge in [-0.1, -0.05) is 6.58 Å². The third-order valence-electron chi connectivity index (χ3n) is 3.02. The summed E-state index contributed by atoms with van der Waals surface area (Å²) in [7, 11) is 0. The van der Waals surface area contributed by atoms with Crippen LogP contribution in [0.3, 0.4) is 0 Å². The van der Waals surface area contributed by atoms with Crippen molar-refractivity contribution in [2.24, 2.45) is 11.5 Å². The first-order valence-corrected chi connectivity index (χ1v) is 7.08. The number of hydrogen-bond donors (Lipinski definition) is 6. The Labute approximate surface area is 146 Å². The summed E-state index contributed by atoms with van der Waals surface area (Å²) in [4.78, 5) is 45.3. The first kappa shape index (κ1) is 20.6. The van der Waals surface area contributed by atoms with E-state index in [0.29, 0.717) is 0 Å². The number of rotatable bonds is 9. The molecule has 3 atom stereocenters. The Hall–Kier alpha value is -3.48. The van der Waals surface area contributed by atoms with Crippen LogP contribution in [0, 0.1) is 0 Å². The molecule has 0 bridgehead atoms. The van der Waals surface area contributed by atoms with Gasteiger partial charge in [-0.3, -0.25) is 9.59 Å². The van der Waals surface area contributed by atoms with Gasteiger partial charge in [0.1, 0.15) is 17.8 Å². The molecule has 0 fully saturated rings. The molecular formula is C13H18N6O7. The number of nitrogens with one attached hydrogen (secondary N) is 2. The molecule has 1 aromatic rings. The highest BCUT2D eigenvalue weighted by Crippen LogP contribution is 2.18. The summed E-state index contributed by atoms with van der Waals surface area (Å²) in [6.45, 7) is 4.23. The third kappa shape index (κ3) is 5.55. The van der Waals surface area contributed by atoms with Gasteiger partial charge >= 0.3 is 12.0 Å². The molecule has 0 aliphatic rings. The summed E-state index contributed by atoms with van der Waals surface area (Å²) in [5.74, 6) is -4.19. The normalized spacial score (nSPS) is 13.9. The van der Waals surface area contributed by atoms with E-state index in [1.54, 1.807) is 0 Å². The smallest absolute Gasteiger partial charge is 0.334 e. The average molecular weight is 370 g/mol. The number of urea groups is 1. The number of primary amides is 1. The van der Waals surface area contributed by atoms with Crippen LogP contribution in [0.5, 0.6) is 0 Å². The molecule has 0 aliphatic carbocycles. The molecule has 1 aromatic heterocycles. The summed E-state index contributed by atoms with van der Waals surface area (Å²) >= 11 is 0. The van der Waals surface area contributed by atoms with E-state index in [1.807, 2.05) is 5.32 Å². The maximum Gasteiger partial charge on any atom is 0.334 e. The highest BCUT2D eigenvalue weighted by molar-refractivity contribution is 5.85. The number of aliphatic hydroxyl groups excluding tert-OH is 1. The number of ketones is 1. The van der Waals surface area contributed by atoms with Crippen molar-refractivity contribution < 1.29 is 33.8 Å². The summed E-state index contributed by atoms with van der Waals surface area (Å²) in [5.41, 5.74) is 10.6. The molecule has 142 valence electrons. The maximum atomic E-state index is 11.9. The van der Waals surface area contributed by atoms with Crippen LogP contribution in [0.25, 0.3) is 0 Å². The number of hydrogen-bond acceptors (Lipinski definition) is 9. The lowest BCUT2D eigenvalue weighted by molar-refractivity contribution is -0.138. The molecule has 0 radical (unpaired) electrons. The van der Waals surface area contributed by atoms with Crippen LogP contribution in [0.15, 0.2) is 16.8 Å². The van der Waals surface area contributed by atoms with Gasteiger partial charge in [0.2, 0.25) is 17.7 Å². The topological polar surface area (TPSA) is 224 Å². The fourth-order valence-electron chi connectivity index (χ4n) is 1.71. The fraction of sp³-hybridized carbons (Fsp3) is 0.385. The zero-order chi connectivity index (χ0) is 20.0. The third-order valence-corrected chi connectivity index (χ3v) is 3.02. The minimum Gasteiger partial charge on any atom is -0.510 e. The van der Waals surface area contributed by atoms with Gasteiger partial charge < -0.3 is 36.7 Å². The van der Waals surface area contributed by atoms with Gasteiger partial charge in [0.15, 0.2) is 11.8 Å². The maximum absolute atomic E-state index is 11.9. The van der Waals surface area contributed by atoms with Crippen molar-refractivity contribution in [2.45, 2.75) is 31.5 Å². The van der Waals surface area contributed by atoms with Crippen LogP contribution in [0.4, 0.5) is 4.79 Å². The number of amides is 3. The molecule has 0 saturated heterocycles. The second-order valence-electron chi connectivity index (χ2n) is 5.17. The molecule has 13 nitrogen and oxygen atoms in total. The lowest BCUT2D eigenvalue weighted by Gasteiger charge is -2.17. The Morgan fingerprint density at radius 3 is 2.23 bits per heavy atom. The van der Waals surface area contributed by atoms with Gasteiger partial charge in [0.25, 0.3) is 0 Å². The van der Waals surface area contributed by atoms with Crippen molar-refractivity contribution in [1.29, 1.82) is 0 Å². The summed E-state index contributed by atoms with van der Waals surface area (Å²) in [6, 6.07) is -5.29. The highest BCUT2D eigenvalue weighted by Gasteiger charge is 2.28. The highest BCUT2D eigenvalue weighted by atomic mass is 16.4. The first-order chi connectivity index (χ1) is 12.0. The Bertz CT molecular complexity index is 716. The van der Waals surface area contributed by atoms with Crippen LogP contribution in [-0.2, 0) is 14.4 Å². The molecule has 1 heterocycles. The molecular weight excluding hydrogens is 352 g/mol. The molecule has 8 N–H and O–H groups in total. The van der Waals surface area contributed by atoms with E-state index in [4.69, 9.17) is 26.1 Å². The van der Waals surface area contributed by atoms with Crippen LogP contribution >= 0.6 is 0 Å². The van der Waals surface area contributed by atoms with E-state index in [1.165, 1.54) is 6.92 Å². The molecule has 13 heteroatoms. The van der Waals surface area contributed by atoms with Crippen LogP contribution in [-0.4, -0.2) is 50.1 Å². The zero-order valence-corrected chi connectivity index (χ0v) is 13.6. The average Bonchev–Trinajstić information content (AvgIpc) is 2.99. The van der Waals surface area contributed by atoms with Gasteiger partial charge in [-0.05, 0) is 6.92 Å². The molecule has 26 heavy (non-hydrogen) atoms. The van der Waals surface area contributed by atoms with Gasteiger partial charge in [0, 0.05) is 0 Å². The van der Waals surface area contributed by atoms with Crippen molar-refractivity contribution in [2.75, 3.05) is 0 Å². The number of carbonyl (C=O) groups excluding carboxylic acids is 3. The molecule has 0 unspecified atom stereocenters. The van der Waals surface area contributed by atoms with Crippen molar-refractivity contribution in [3.63, 3.8) is 0 Å². The number of carboxylic acids is 1. The molecule has 0 spiro atoms. The monoisotopic (exact) mass is 370 g/mol. The Morgan fingerprint density at radius 1 is 1.19 bits per heavy atom. The minimum atomic E-state index is -1.78. The van der Waals surface area contributed by atoms with Gasteiger partial charge in [-0.2, -0.15) is 0 Å². The number of carbonyl (C=O) groups is 4. The predicted octanol–water partition coefficient (Wildman–Crippen LogP) is -1.60. The Morgan fingerprint density at radius 2 is 1.77 bits per heavy atom. The van der Waals surface area contributed by atoms with Crippen LogP contribution in [0.2, 0.25) is 0 Å². The second-order valence-corrected chi connectivity index (χ2v) is 5.17. The number of aromatic nitrogens is 2. The van der Waals surface area contributed by atoms with Crippen molar-refractivity contribution in [3.8, 4) is 0 Å². The number of Topliss-reactive ketones (excluding diaryl/α,β-unsaturated/α-hetero) is 1. The van der Waals surface area contributed by atoms with E-state index < -0.39 is 54.0 Å². The first-order valence-electron chi connectivity index (χ1n) is 7.08. The van der Waals surface area contributed by atoms with Crippen molar-refractivity contribution in [3.05, 3.63) is 24.1 Å². The standard InChI is InChI=1S/C13H18N6O7/c1-4(20)8(15)11-19-18-10(26-11)6(3-7(14)22)16-13(25)17-9(5(2)21)12(23)24/h6,8-9,21H,2-3,15H2,1H3,(H2,14,22)(H,23,24)(H2,16,17,25)/t6-,8-,9-/m0/s1. The Balaban J connectivity index is 2.95. The summed E-state index contributed by atoms with van der Waals surface area (Å²) in [6.07, 6.45) is -0.470. The van der Waals surface area contributed by atoms with E-state index in [9.17, 15) is 19.2 Å².